The van der Waals surface area contributed by atoms with E-state index in [0.717, 1.165) is 4.47 Å². The van der Waals surface area contributed by atoms with Crippen molar-refractivity contribution in [2.24, 2.45) is 10.7 Å². The summed E-state index contributed by atoms with van der Waals surface area (Å²) in [6.45, 7) is 0.193. The molecule has 0 fully saturated rings. The molecule has 0 aliphatic carbocycles. The predicted molar refractivity (Wildman–Crippen MR) is 79.5 cm³/mol. The van der Waals surface area contributed by atoms with E-state index in [0.29, 0.717) is 5.69 Å². The van der Waals surface area contributed by atoms with Gasteiger partial charge in [0.2, 0.25) is 5.96 Å². The zero-order valence-corrected chi connectivity index (χ0v) is 12.7. The fourth-order valence-corrected chi connectivity index (χ4v) is 2.02. The number of rotatable bonds is 5. The van der Waals surface area contributed by atoms with Crippen molar-refractivity contribution in [1.29, 1.82) is 0 Å². The number of nitrogens with zero attached hydrogens (tertiary/aromatic N) is 1. The number of methoxy groups -OCH3 is 1. The van der Waals surface area contributed by atoms with Crippen LogP contribution in [-0.4, -0.2) is 42.5 Å². The molecule has 0 saturated heterocycles. The first-order valence-electron chi connectivity index (χ1n) is 6.02. The Morgan fingerprint density at radius 3 is 2.95 bits per heavy atom. The quantitative estimate of drug-likeness (QED) is 0.548. The highest BCUT2D eigenvalue weighted by atomic mass is 79.9. The van der Waals surface area contributed by atoms with Crippen molar-refractivity contribution in [2.45, 2.75) is 6.10 Å². The number of nitrogens with two attached hydrogens (primary N) is 1. The van der Waals surface area contributed by atoms with Crippen molar-refractivity contribution in [3.05, 3.63) is 34.2 Å². The maximum Gasteiger partial charge on any atom is 0.276 e. The molecule has 0 radical (unpaired) electrons. The van der Waals surface area contributed by atoms with E-state index in [1.807, 2.05) is 0 Å². The topological polar surface area (TPSA) is 122 Å². The number of H-pyrrole nitrogens is 1. The average molecular weight is 356 g/mol. The van der Waals surface area contributed by atoms with Gasteiger partial charge >= 0.3 is 0 Å². The molecule has 0 aromatic carbocycles. The summed E-state index contributed by atoms with van der Waals surface area (Å²) in [5.74, 6) is -0.629. The van der Waals surface area contributed by atoms with E-state index in [4.69, 9.17) is 10.5 Å². The molecular formula is C12H14BrN5O3. The third-order valence-corrected chi connectivity index (χ3v) is 3.18. The largest absolute Gasteiger partial charge is 0.375 e. The number of nitrogens with one attached hydrogen (secondary N) is 3. The van der Waals surface area contributed by atoms with Gasteiger partial charge in [-0.3, -0.25) is 14.9 Å². The van der Waals surface area contributed by atoms with Gasteiger partial charge in [0.25, 0.3) is 11.8 Å². The third-order valence-electron chi connectivity index (χ3n) is 2.72. The molecule has 1 aromatic heterocycles. The number of ether oxygens (including phenoxy) is 1. The highest BCUT2D eigenvalue weighted by molar-refractivity contribution is 9.10. The molecule has 8 nitrogen and oxygen atoms in total. The van der Waals surface area contributed by atoms with Crippen molar-refractivity contribution >= 4 is 33.7 Å². The number of aromatic amines is 1. The lowest BCUT2D eigenvalue weighted by Gasteiger charge is -2.12. The van der Waals surface area contributed by atoms with Crippen LogP contribution in [-0.2, 0) is 9.53 Å². The van der Waals surface area contributed by atoms with E-state index in [9.17, 15) is 9.59 Å². The van der Waals surface area contributed by atoms with Crippen LogP contribution in [0, 0.1) is 0 Å². The Bertz CT molecular complexity index is 622. The Balaban J connectivity index is 1.96. The smallest absolute Gasteiger partial charge is 0.276 e. The maximum atomic E-state index is 11.9. The summed E-state index contributed by atoms with van der Waals surface area (Å²) in [6.07, 6.45) is 2.66. The Hall–Kier alpha value is -2.13. The van der Waals surface area contributed by atoms with Crippen molar-refractivity contribution in [2.75, 3.05) is 13.7 Å². The maximum absolute atomic E-state index is 11.9. The Morgan fingerprint density at radius 2 is 2.43 bits per heavy atom. The van der Waals surface area contributed by atoms with Crippen LogP contribution in [0.15, 0.2) is 33.5 Å². The molecule has 1 aliphatic rings. The molecule has 1 aromatic rings. The summed E-state index contributed by atoms with van der Waals surface area (Å²) in [6, 6.07) is 1.66. The molecule has 5 N–H and O–H groups in total. The summed E-state index contributed by atoms with van der Waals surface area (Å²) in [7, 11) is 1.47. The number of carbonyl (C=O) groups excluding carboxylic acids is 2. The fourth-order valence-electron chi connectivity index (χ4n) is 1.68. The minimum absolute atomic E-state index is 0.0429. The second kappa shape index (κ2) is 6.55. The zero-order valence-electron chi connectivity index (χ0n) is 11.1. The number of guanidine groups is 1. The Morgan fingerprint density at radius 1 is 1.67 bits per heavy atom. The van der Waals surface area contributed by atoms with Crippen LogP contribution in [0.4, 0.5) is 0 Å². The van der Waals surface area contributed by atoms with Crippen LogP contribution in [0.5, 0.6) is 0 Å². The summed E-state index contributed by atoms with van der Waals surface area (Å²) in [5, 5.41) is 5.05. The minimum Gasteiger partial charge on any atom is -0.375 e. The van der Waals surface area contributed by atoms with Crippen molar-refractivity contribution < 1.29 is 14.3 Å². The molecule has 0 spiro atoms. The summed E-state index contributed by atoms with van der Waals surface area (Å²) < 4.78 is 5.97. The van der Waals surface area contributed by atoms with E-state index in [1.54, 1.807) is 12.3 Å². The van der Waals surface area contributed by atoms with E-state index in [1.165, 1.54) is 13.2 Å². The molecule has 1 atom stereocenters. The summed E-state index contributed by atoms with van der Waals surface area (Å²) in [4.78, 5) is 30.0. The van der Waals surface area contributed by atoms with Crippen LogP contribution in [0.3, 0.4) is 0 Å². The van der Waals surface area contributed by atoms with Gasteiger partial charge in [-0.2, -0.15) is 0 Å². The Labute approximate surface area is 129 Å². The monoisotopic (exact) mass is 355 g/mol. The Kier molecular flexibility index (Phi) is 4.76. The van der Waals surface area contributed by atoms with Crippen molar-refractivity contribution in [3.8, 4) is 0 Å². The molecule has 0 unspecified atom stereocenters. The zero-order chi connectivity index (χ0) is 15.4. The molecule has 2 heterocycles. The van der Waals surface area contributed by atoms with Gasteiger partial charge in [0.15, 0.2) is 0 Å². The van der Waals surface area contributed by atoms with Gasteiger partial charge in [0.1, 0.15) is 11.4 Å². The number of halogens is 1. The van der Waals surface area contributed by atoms with Gasteiger partial charge in [0, 0.05) is 24.3 Å². The molecular weight excluding hydrogens is 342 g/mol. The van der Waals surface area contributed by atoms with Crippen molar-refractivity contribution in [1.82, 2.24) is 15.6 Å². The first-order valence-corrected chi connectivity index (χ1v) is 6.81. The fraction of sp³-hybridized carbons (Fsp3) is 0.250. The van der Waals surface area contributed by atoms with Gasteiger partial charge in [-0.1, -0.05) is 0 Å². The van der Waals surface area contributed by atoms with E-state index in [2.05, 4.69) is 36.5 Å². The normalized spacial score (nSPS) is 17.5. The van der Waals surface area contributed by atoms with Crippen LogP contribution in [0.1, 0.15) is 10.5 Å². The molecule has 9 heteroatoms. The third kappa shape index (κ3) is 3.92. The molecule has 112 valence electrons. The molecule has 2 rings (SSSR count). The molecule has 1 aliphatic heterocycles. The standard InChI is InChI=1S/C12H14BrN5O3/c1-21-7(3-9-11(20)18-12(14)17-9)5-16-10(19)8-2-6(13)4-15-8/h2-4,7,15H,5H2,1H3,(H,16,19)(H3,14,17,18,20)/b9-3-/t7-/m1/s1. The molecule has 21 heavy (non-hydrogen) atoms. The van der Waals surface area contributed by atoms with Crippen LogP contribution in [0.2, 0.25) is 0 Å². The predicted octanol–water partition coefficient (Wildman–Crippen LogP) is -0.150. The second-order valence-electron chi connectivity index (χ2n) is 4.22. The lowest BCUT2D eigenvalue weighted by molar-refractivity contribution is -0.115. The highest BCUT2D eigenvalue weighted by Gasteiger charge is 2.20. The van der Waals surface area contributed by atoms with E-state index < -0.39 is 12.0 Å². The van der Waals surface area contributed by atoms with Gasteiger partial charge in [-0.25, -0.2) is 4.99 Å². The van der Waals surface area contributed by atoms with Crippen molar-refractivity contribution in [3.63, 3.8) is 0 Å². The van der Waals surface area contributed by atoms with Crippen LogP contribution in [0.25, 0.3) is 0 Å². The van der Waals surface area contributed by atoms with Gasteiger partial charge < -0.3 is 20.8 Å². The lowest BCUT2D eigenvalue weighted by atomic mass is 10.2. The lowest BCUT2D eigenvalue weighted by Crippen LogP contribution is -2.33. The number of hydrogen-bond donors (Lipinski definition) is 4. The minimum atomic E-state index is -0.497. The first kappa shape index (κ1) is 15.3. The molecule has 0 bridgehead atoms. The van der Waals surface area contributed by atoms with E-state index >= 15 is 0 Å². The second-order valence-corrected chi connectivity index (χ2v) is 5.13. The van der Waals surface area contributed by atoms with Gasteiger partial charge in [-0.05, 0) is 28.1 Å². The number of aromatic nitrogens is 1. The SMILES string of the molecule is CO[C@H](/C=C1\N=C(N)NC1=O)CNC(=O)c1cc(Br)c[nH]1. The van der Waals surface area contributed by atoms with E-state index in [-0.39, 0.29) is 24.1 Å². The van der Waals surface area contributed by atoms with Crippen LogP contribution < -0.4 is 16.4 Å². The van der Waals surface area contributed by atoms with Gasteiger partial charge in [-0.15, -0.1) is 0 Å². The number of aliphatic imine (C=N–C) groups is 1. The van der Waals surface area contributed by atoms with Crippen LogP contribution >= 0.6 is 15.9 Å². The number of carbonyl (C=O) groups is 2. The summed E-state index contributed by atoms with van der Waals surface area (Å²) in [5.41, 5.74) is 5.98. The average Bonchev–Trinajstić information content (AvgIpc) is 3.00. The highest BCUT2D eigenvalue weighted by Crippen LogP contribution is 2.10. The molecule has 0 saturated carbocycles. The number of amides is 2. The number of hydrogen-bond acceptors (Lipinski definition) is 5. The van der Waals surface area contributed by atoms with Gasteiger partial charge in [0.05, 0.1) is 6.10 Å². The first-order chi connectivity index (χ1) is 9.99. The molecule has 2 amide bonds. The summed E-state index contributed by atoms with van der Waals surface area (Å²) >= 11 is 3.25.